The van der Waals surface area contributed by atoms with Crippen molar-refractivity contribution in [2.75, 3.05) is 31.6 Å². The SMILES string of the molecule is Bc1c(O)c(B)c2c(c1NCc1cccc(CN3CCOCC3)c1F)CN(C1(B)C(=O)NC(=O)C(B)(B)C1(B)B)C2=O. The molecular weight excluding hydrogens is 531 g/mol. The maximum atomic E-state index is 15.6. The highest BCUT2D eigenvalue weighted by Gasteiger charge is 2.64. The number of carbonyl (C=O) groups is 3. The lowest BCUT2D eigenvalue weighted by atomic mass is 9.21. The molecule has 0 aromatic heterocycles. The quantitative estimate of drug-likeness (QED) is 0.236. The molecule has 9 nitrogen and oxygen atoms in total. The largest absolute Gasteiger partial charge is 0.509 e. The number of rotatable bonds is 6. The fraction of sp³-hybridized carbons (Fsp3) is 0.400. The van der Waals surface area contributed by atoms with E-state index in [1.165, 1.54) is 4.90 Å². The van der Waals surface area contributed by atoms with Crippen LogP contribution >= 0.6 is 0 Å². The zero-order valence-corrected chi connectivity index (χ0v) is 25.5. The molecule has 0 aliphatic carbocycles. The van der Waals surface area contributed by atoms with Gasteiger partial charge in [-0.15, -0.1) is 0 Å². The highest BCUT2D eigenvalue weighted by Crippen LogP contribution is 2.55. The molecule has 2 aromatic rings. The highest BCUT2D eigenvalue weighted by atomic mass is 19.1. The number of phenolic OH excluding ortho intramolecular Hbond substituents is 1. The van der Waals surface area contributed by atoms with Crippen molar-refractivity contribution in [3.63, 3.8) is 0 Å². The van der Waals surface area contributed by atoms with Gasteiger partial charge in [-0.2, -0.15) is 0 Å². The average molecular weight is 565 g/mol. The van der Waals surface area contributed by atoms with Crippen LogP contribution in [0.4, 0.5) is 10.1 Å². The fourth-order valence-corrected chi connectivity index (χ4v) is 6.60. The highest BCUT2D eigenvalue weighted by molar-refractivity contribution is 6.66. The number of imide groups is 1. The van der Waals surface area contributed by atoms with Crippen molar-refractivity contribution < 1.29 is 28.6 Å². The van der Waals surface area contributed by atoms with Gasteiger partial charge in [-0.05, 0) is 16.1 Å². The number of hydrogen-bond donors (Lipinski definition) is 3. The van der Waals surface area contributed by atoms with Crippen LogP contribution in [0.1, 0.15) is 27.0 Å². The van der Waals surface area contributed by atoms with Crippen LogP contribution in [-0.4, -0.2) is 119 Å². The molecule has 2 saturated heterocycles. The number of fused-ring (bicyclic) bond motifs is 1. The average Bonchev–Trinajstić information content (AvgIpc) is 3.29. The Morgan fingerprint density at radius 1 is 1.00 bits per heavy atom. The van der Waals surface area contributed by atoms with Gasteiger partial charge in [0.15, 0.2) is 0 Å². The molecular formula is C25H34B7FN4O5. The second-order valence-corrected chi connectivity index (χ2v) is 13.0. The van der Waals surface area contributed by atoms with Gasteiger partial charge in [-0.25, -0.2) is 4.39 Å². The molecule has 3 heterocycles. The van der Waals surface area contributed by atoms with Gasteiger partial charge in [0.25, 0.3) is 5.91 Å². The van der Waals surface area contributed by atoms with Crippen molar-refractivity contribution in [2.45, 2.75) is 35.5 Å². The van der Waals surface area contributed by atoms with Gasteiger partial charge < -0.3 is 20.1 Å². The lowest BCUT2D eigenvalue weighted by Gasteiger charge is -2.59. The summed E-state index contributed by atoms with van der Waals surface area (Å²) in [6.45, 7) is 3.48. The molecule has 0 radical (unpaired) electrons. The van der Waals surface area contributed by atoms with Gasteiger partial charge >= 0.3 is 0 Å². The van der Waals surface area contributed by atoms with Crippen molar-refractivity contribution in [1.82, 2.24) is 15.1 Å². The minimum Gasteiger partial charge on any atom is -0.509 e. The summed E-state index contributed by atoms with van der Waals surface area (Å²) in [4.78, 5) is 44.1. The van der Waals surface area contributed by atoms with Crippen molar-refractivity contribution in [2.24, 2.45) is 0 Å². The summed E-state index contributed by atoms with van der Waals surface area (Å²) < 4.78 is 21.0. The zero-order valence-electron chi connectivity index (χ0n) is 25.5. The Morgan fingerprint density at radius 3 is 2.31 bits per heavy atom. The Balaban J connectivity index is 1.48. The van der Waals surface area contributed by atoms with Crippen LogP contribution in [-0.2, 0) is 34.0 Å². The van der Waals surface area contributed by atoms with Gasteiger partial charge in [0, 0.05) is 60.7 Å². The smallest absolute Gasteiger partial charge is 0.254 e. The van der Waals surface area contributed by atoms with E-state index in [1.54, 1.807) is 51.4 Å². The second-order valence-electron chi connectivity index (χ2n) is 13.0. The van der Waals surface area contributed by atoms with E-state index in [1.807, 2.05) is 21.8 Å². The fourth-order valence-electron chi connectivity index (χ4n) is 6.60. The first kappa shape index (κ1) is 30.4. The van der Waals surface area contributed by atoms with E-state index in [4.69, 9.17) is 4.74 Å². The minimum atomic E-state index is -1.37. The van der Waals surface area contributed by atoms with Crippen LogP contribution in [0.2, 0.25) is 10.4 Å². The van der Waals surface area contributed by atoms with Crippen molar-refractivity contribution in [1.29, 1.82) is 0 Å². The second kappa shape index (κ2) is 10.6. The molecule has 5 rings (SSSR count). The van der Waals surface area contributed by atoms with E-state index in [0.29, 0.717) is 58.6 Å². The third-order valence-corrected chi connectivity index (χ3v) is 10.5. The maximum Gasteiger partial charge on any atom is 0.254 e. The van der Waals surface area contributed by atoms with Crippen molar-refractivity contribution in [3.8, 4) is 5.75 Å². The number of halogens is 1. The summed E-state index contributed by atoms with van der Waals surface area (Å²) >= 11 is 0. The van der Waals surface area contributed by atoms with E-state index in [0.717, 1.165) is 13.1 Å². The van der Waals surface area contributed by atoms with Crippen LogP contribution in [0.3, 0.4) is 0 Å². The monoisotopic (exact) mass is 566 g/mol. The first-order chi connectivity index (χ1) is 19.6. The molecule has 0 bridgehead atoms. The molecule has 0 spiro atoms. The molecule has 3 N–H and O–H groups in total. The first-order valence-electron chi connectivity index (χ1n) is 14.5. The Morgan fingerprint density at radius 2 is 1.64 bits per heavy atom. The van der Waals surface area contributed by atoms with Crippen LogP contribution < -0.4 is 21.6 Å². The lowest BCUT2D eigenvalue weighted by Crippen LogP contribution is -2.75. The normalized spacial score (nSPS) is 23.5. The summed E-state index contributed by atoms with van der Waals surface area (Å²) in [5.74, 6) is -1.63. The Bertz CT molecular complexity index is 1500. The number of ether oxygens (including phenoxy) is 1. The molecule has 3 aliphatic rings. The third kappa shape index (κ3) is 4.42. The third-order valence-electron chi connectivity index (χ3n) is 10.5. The molecule has 212 valence electrons. The topological polar surface area (TPSA) is 111 Å². The molecule has 3 amide bonds. The molecule has 2 fully saturated rings. The Kier molecular flexibility index (Phi) is 7.67. The number of piperidine rings is 1. The van der Waals surface area contributed by atoms with Crippen LogP contribution in [0.25, 0.3) is 0 Å². The number of morpholine rings is 1. The molecule has 42 heavy (non-hydrogen) atoms. The number of nitrogens with one attached hydrogen (secondary N) is 2. The molecule has 2 aromatic carbocycles. The van der Waals surface area contributed by atoms with Gasteiger partial charge in [0.05, 0.1) is 18.7 Å². The van der Waals surface area contributed by atoms with Gasteiger partial charge in [-0.1, -0.05) is 23.4 Å². The summed E-state index contributed by atoms with van der Waals surface area (Å²) in [5, 5.41) is 15.0. The summed E-state index contributed by atoms with van der Waals surface area (Å²) in [6.07, 6.45) is 0. The number of hydrogen-bond acceptors (Lipinski definition) is 7. The van der Waals surface area contributed by atoms with E-state index in [-0.39, 0.29) is 30.6 Å². The zero-order chi connectivity index (χ0) is 30.8. The molecule has 1 unspecified atom stereocenters. The minimum absolute atomic E-state index is 0.0268. The standard InChI is InChI=1S/C25H34B7FN4O5/c26-15-14-13(10-37(20(14)39)24(30)22(41)35-21(40)23(28,29)25(24,31)32)18(16(27)19(15)38)34-8-11-2-1-3-12(17(11)33)9-36-4-6-42-7-5-36/h1-3,34,38H,4-10,26-32H2,(H,35,40,41). The van der Waals surface area contributed by atoms with Gasteiger partial charge in [-0.3, -0.25) is 24.6 Å². The predicted octanol–water partition coefficient (Wildman–Crippen LogP) is -6.80. The van der Waals surface area contributed by atoms with Gasteiger partial charge in [0.2, 0.25) is 11.8 Å². The Hall–Kier alpha value is -3.05. The Labute approximate surface area is 251 Å². The number of benzene rings is 2. The van der Waals surface area contributed by atoms with E-state index in [2.05, 4.69) is 15.5 Å². The number of carbonyl (C=O) groups excluding carboxylic acids is 3. The van der Waals surface area contributed by atoms with Crippen LogP contribution in [0, 0.1) is 5.82 Å². The lowest BCUT2D eigenvalue weighted by molar-refractivity contribution is -0.140. The number of anilines is 1. The molecule has 3 aliphatic heterocycles. The number of phenols is 1. The van der Waals surface area contributed by atoms with Crippen LogP contribution in [0.5, 0.6) is 5.75 Å². The number of amides is 3. The summed E-state index contributed by atoms with van der Waals surface area (Å²) in [5.41, 5.74) is 2.16. The van der Waals surface area contributed by atoms with Crippen molar-refractivity contribution >= 4 is 89.3 Å². The number of nitrogens with zero attached hydrogens (tertiary/aromatic N) is 2. The predicted molar refractivity (Wildman–Crippen MR) is 178 cm³/mol. The molecule has 0 saturated carbocycles. The summed E-state index contributed by atoms with van der Waals surface area (Å²) in [6, 6.07) is 5.34. The van der Waals surface area contributed by atoms with E-state index < -0.39 is 27.7 Å². The molecule has 1 atom stereocenters. The van der Waals surface area contributed by atoms with E-state index >= 15 is 4.39 Å². The van der Waals surface area contributed by atoms with Gasteiger partial charge in [0.1, 0.15) is 66.5 Å². The first-order valence-corrected chi connectivity index (χ1v) is 14.5. The maximum absolute atomic E-state index is 15.6. The summed E-state index contributed by atoms with van der Waals surface area (Å²) in [7, 11) is 12.4. The van der Waals surface area contributed by atoms with Crippen LogP contribution in [0.15, 0.2) is 18.2 Å². The van der Waals surface area contributed by atoms with Crippen molar-refractivity contribution in [3.05, 3.63) is 46.3 Å². The number of aromatic hydroxyl groups is 1. The molecule has 17 heteroatoms. The van der Waals surface area contributed by atoms with E-state index in [9.17, 15) is 19.5 Å².